The maximum Gasteiger partial charge on any atom is 0.282 e. The van der Waals surface area contributed by atoms with Crippen LogP contribution in [0.25, 0.3) is 5.57 Å². The van der Waals surface area contributed by atoms with E-state index in [1.54, 1.807) is 48.5 Å². The minimum absolute atomic E-state index is 0.195. The fourth-order valence-corrected chi connectivity index (χ4v) is 3.54. The second-order valence-electron chi connectivity index (χ2n) is 7.04. The molecule has 0 aliphatic carbocycles. The van der Waals surface area contributed by atoms with Crippen LogP contribution in [0.3, 0.4) is 0 Å². The van der Waals surface area contributed by atoms with Crippen LogP contribution in [0.4, 0.5) is 11.4 Å². The van der Waals surface area contributed by atoms with E-state index in [2.05, 4.69) is 12.2 Å². The molecule has 0 spiro atoms. The minimum atomic E-state index is -0.459. The summed E-state index contributed by atoms with van der Waals surface area (Å²) in [6, 6.07) is 22.9. The van der Waals surface area contributed by atoms with Gasteiger partial charge in [0, 0.05) is 10.7 Å². The van der Waals surface area contributed by atoms with E-state index in [1.165, 1.54) is 5.56 Å². The topological polar surface area (TPSA) is 73.2 Å². The maximum atomic E-state index is 13.4. The molecule has 0 saturated carbocycles. The predicted octanol–water partition coefficient (Wildman–Crippen LogP) is 5.17. The van der Waals surface area contributed by atoms with Crippen LogP contribution in [0.15, 0.2) is 78.5 Å². The third-order valence-electron chi connectivity index (χ3n) is 5.10. The molecule has 4 rings (SSSR count). The van der Waals surface area contributed by atoms with Gasteiger partial charge in [-0.25, -0.2) is 4.90 Å². The SMILES string of the molecule is CCc1ccc(NC2=C(c3ccc(Cl)cc3)C(=O)N(c3ccc(C#N)cc3)C2=O)cc1. The Morgan fingerprint density at radius 1 is 0.903 bits per heavy atom. The normalized spacial score (nSPS) is 13.5. The molecule has 6 heteroatoms. The van der Waals surface area contributed by atoms with E-state index in [4.69, 9.17) is 16.9 Å². The summed E-state index contributed by atoms with van der Waals surface area (Å²) in [5.41, 5.74) is 3.78. The van der Waals surface area contributed by atoms with E-state index in [1.807, 2.05) is 30.3 Å². The quantitative estimate of drug-likeness (QED) is 0.570. The molecule has 1 aliphatic heterocycles. The van der Waals surface area contributed by atoms with Gasteiger partial charge in [-0.15, -0.1) is 0 Å². The number of anilines is 2. The van der Waals surface area contributed by atoms with Crippen molar-refractivity contribution < 1.29 is 9.59 Å². The monoisotopic (exact) mass is 427 g/mol. The summed E-state index contributed by atoms with van der Waals surface area (Å²) in [5.74, 6) is -0.899. The summed E-state index contributed by atoms with van der Waals surface area (Å²) < 4.78 is 0. The second kappa shape index (κ2) is 8.47. The second-order valence-corrected chi connectivity index (χ2v) is 7.47. The summed E-state index contributed by atoms with van der Waals surface area (Å²) >= 11 is 6.01. The van der Waals surface area contributed by atoms with Crippen LogP contribution >= 0.6 is 11.6 Å². The molecule has 3 aromatic rings. The van der Waals surface area contributed by atoms with Gasteiger partial charge in [-0.05, 0) is 66.1 Å². The van der Waals surface area contributed by atoms with Crippen molar-refractivity contribution in [3.63, 3.8) is 0 Å². The Kier molecular flexibility index (Phi) is 5.57. The van der Waals surface area contributed by atoms with Crippen molar-refractivity contribution in [1.82, 2.24) is 0 Å². The number of nitrogens with one attached hydrogen (secondary N) is 1. The smallest absolute Gasteiger partial charge is 0.282 e. The molecule has 5 nitrogen and oxygen atoms in total. The number of rotatable bonds is 5. The molecule has 152 valence electrons. The number of hydrogen-bond acceptors (Lipinski definition) is 4. The molecular formula is C25H18ClN3O2. The molecule has 0 bridgehead atoms. The maximum absolute atomic E-state index is 13.4. The van der Waals surface area contributed by atoms with Crippen LogP contribution in [-0.2, 0) is 16.0 Å². The van der Waals surface area contributed by atoms with Crippen molar-refractivity contribution in [2.75, 3.05) is 10.2 Å². The molecule has 0 fully saturated rings. The Balaban J connectivity index is 1.78. The first kappa shape index (κ1) is 20.4. The number of amides is 2. The molecule has 2 amide bonds. The molecule has 1 aliphatic rings. The third-order valence-corrected chi connectivity index (χ3v) is 5.35. The number of carbonyl (C=O) groups excluding carboxylic acids is 2. The summed E-state index contributed by atoms with van der Waals surface area (Å²) in [6.07, 6.45) is 0.906. The molecule has 1 heterocycles. The van der Waals surface area contributed by atoms with Gasteiger partial charge < -0.3 is 5.32 Å². The number of hydrogen-bond donors (Lipinski definition) is 1. The number of halogens is 1. The first-order chi connectivity index (χ1) is 15.0. The van der Waals surface area contributed by atoms with Crippen molar-refractivity contribution in [3.05, 3.63) is 100 Å². The molecule has 0 unspecified atom stereocenters. The van der Waals surface area contributed by atoms with Crippen molar-refractivity contribution in [2.45, 2.75) is 13.3 Å². The Bertz CT molecular complexity index is 1220. The lowest BCUT2D eigenvalue weighted by Gasteiger charge is -2.15. The zero-order valence-electron chi connectivity index (χ0n) is 16.7. The molecule has 0 saturated heterocycles. The van der Waals surface area contributed by atoms with Gasteiger partial charge >= 0.3 is 0 Å². The van der Waals surface area contributed by atoms with Crippen molar-refractivity contribution in [3.8, 4) is 6.07 Å². The fourth-order valence-electron chi connectivity index (χ4n) is 3.42. The summed E-state index contributed by atoms with van der Waals surface area (Å²) in [7, 11) is 0. The first-order valence-electron chi connectivity index (χ1n) is 9.77. The Hall–Kier alpha value is -3.88. The van der Waals surface area contributed by atoms with E-state index in [-0.39, 0.29) is 11.3 Å². The Morgan fingerprint density at radius 3 is 2.13 bits per heavy atom. The van der Waals surface area contributed by atoms with Crippen LogP contribution in [0.1, 0.15) is 23.6 Å². The van der Waals surface area contributed by atoms with E-state index >= 15 is 0 Å². The lowest BCUT2D eigenvalue weighted by Crippen LogP contribution is -2.32. The predicted molar refractivity (Wildman–Crippen MR) is 121 cm³/mol. The van der Waals surface area contributed by atoms with E-state index in [0.717, 1.165) is 11.3 Å². The van der Waals surface area contributed by atoms with Gasteiger partial charge in [-0.1, -0.05) is 42.8 Å². The van der Waals surface area contributed by atoms with E-state index in [0.29, 0.717) is 27.5 Å². The van der Waals surface area contributed by atoms with Gasteiger partial charge in [-0.3, -0.25) is 9.59 Å². The highest BCUT2D eigenvalue weighted by Crippen LogP contribution is 2.34. The number of imide groups is 1. The molecular weight excluding hydrogens is 410 g/mol. The van der Waals surface area contributed by atoms with Crippen LogP contribution < -0.4 is 10.2 Å². The molecule has 0 radical (unpaired) electrons. The zero-order chi connectivity index (χ0) is 22.0. The first-order valence-corrected chi connectivity index (χ1v) is 10.1. The Labute approximate surface area is 185 Å². The van der Waals surface area contributed by atoms with Gasteiger partial charge in [0.05, 0.1) is 22.9 Å². The number of carbonyl (C=O) groups is 2. The van der Waals surface area contributed by atoms with Gasteiger partial charge in [0.1, 0.15) is 5.70 Å². The lowest BCUT2D eigenvalue weighted by atomic mass is 10.0. The number of aryl methyl sites for hydroxylation is 1. The number of benzene rings is 3. The van der Waals surface area contributed by atoms with Crippen molar-refractivity contribution >= 4 is 40.4 Å². The number of nitrogens with zero attached hydrogens (tertiary/aromatic N) is 2. The molecule has 3 aromatic carbocycles. The summed E-state index contributed by atoms with van der Waals surface area (Å²) in [6.45, 7) is 2.07. The highest BCUT2D eigenvalue weighted by atomic mass is 35.5. The standard InChI is InChI=1S/C25H18ClN3O2/c1-2-16-3-11-20(12-4-16)28-23-22(18-7-9-19(26)10-8-18)24(30)29(25(23)31)21-13-5-17(15-27)6-14-21/h3-14,28H,2H2,1H3. The van der Waals surface area contributed by atoms with Gasteiger partial charge in [-0.2, -0.15) is 5.26 Å². The number of nitriles is 1. The van der Waals surface area contributed by atoms with Crippen LogP contribution in [0, 0.1) is 11.3 Å². The molecule has 0 atom stereocenters. The fraction of sp³-hybridized carbons (Fsp3) is 0.0800. The van der Waals surface area contributed by atoms with Crippen molar-refractivity contribution in [2.24, 2.45) is 0 Å². The van der Waals surface area contributed by atoms with Gasteiger partial charge in [0.25, 0.3) is 11.8 Å². The van der Waals surface area contributed by atoms with Crippen molar-refractivity contribution in [1.29, 1.82) is 5.26 Å². The highest BCUT2D eigenvalue weighted by Gasteiger charge is 2.40. The average Bonchev–Trinajstić information content (AvgIpc) is 3.04. The third kappa shape index (κ3) is 3.94. The molecule has 1 N–H and O–H groups in total. The highest BCUT2D eigenvalue weighted by molar-refractivity contribution is 6.46. The molecule has 0 aromatic heterocycles. The Morgan fingerprint density at radius 2 is 1.55 bits per heavy atom. The van der Waals surface area contributed by atoms with E-state index < -0.39 is 11.8 Å². The largest absolute Gasteiger partial charge is 0.350 e. The van der Waals surface area contributed by atoms with Crippen LogP contribution in [0.5, 0.6) is 0 Å². The van der Waals surface area contributed by atoms with Gasteiger partial charge in [0.2, 0.25) is 0 Å². The average molecular weight is 428 g/mol. The van der Waals surface area contributed by atoms with E-state index in [9.17, 15) is 9.59 Å². The lowest BCUT2D eigenvalue weighted by molar-refractivity contribution is -0.120. The zero-order valence-corrected chi connectivity index (χ0v) is 17.5. The minimum Gasteiger partial charge on any atom is -0.350 e. The molecule has 31 heavy (non-hydrogen) atoms. The summed E-state index contributed by atoms with van der Waals surface area (Å²) in [4.78, 5) is 27.8. The van der Waals surface area contributed by atoms with Crippen LogP contribution in [0.2, 0.25) is 5.02 Å². The van der Waals surface area contributed by atoms with Gasteiger partial charge in [0.15, 0.2) is 0 Å². The summed E-state index contributed by atoms with van der Waals surface area (Å²) in [5, 5.41) is 12.7. The van der Waals surface area contributed by atoms with Crippen LogP contribution in [-0.4, -0.2) is 11.8 Å².